The maximum Gasteiger partial charge on any atom is 0.311 e. The SMILES string of the molecule is Nc1cc(O)c([N+](=O)[O-])cc1C=[NH2+]. The van der Waals surface area contributed by atoms with Gasteiger partial charge in [-0.15, -0.1) is 0 Å². The van der Waals surface area contributed by atoms with E-state index in [0.29, 0.717) is 5.56 Å². The summed E-state index contributed by atoms with van der Waals surface area (Å²) >= 11 is 0. The van der Waals surface area contributed by atoms with Crippen molar-refractivity contribution in [2.24, 2.45) is 0 Å². The van der Waals surface area contributed by atoms with Crippen LogP contribution in [0, 0.1) is 10.1 Å². The predicted octanol–water partition coefficient (Wildman–Crippen LogP) is -0.939. The highest BCUT2D eigenvalue weighted by Crippen LogP contribution is 2.29. The highest BCUT2D eigenvalue weighted by Gasteiger charge is 2.16. The van der Waals surface area contributed by atoms with Crippen molar-refractivity contribution in [3.05, 3.63) is 27.8 Å². The third-order valence-corrected chi connectivity index (χ3v) is 1.56. The molecule has 6 nitrogen and oxygen atoms in total. The number of rotatable bonds is 2. The van der Waals surface area contributed by atoms with E-state index in [0.717, 1.165) is 18.3 Å². The molecule has 0 bridgehead atoms. The van der Waals surface area contributed by atoms with Gasteiger partial charge in [-0.1, -0.05) is 0 Å². The zero-order valence-electron chi connectivity index (χ0n) is 6.60. The average molecular weight is 182 g/mol. The predicted molar refractivity (Wildman–Crippen MR) is 46.3 cm³/mol. The molecule has 0 atom stereocenters. The van der Waals surface area contributed by atoms with E-state index < -0.39 is 16.4 Å². The number of nitrogens with zero attached hydrogens (tertiary/aromatic N) is 1. The summed E-state index contributed by atoms with van der Waals surface area (Å²) in [6.07, 6.45) is 1.14. The number of phenols is 1. The molecule has 6 heteroatoms. The lowest BCUT2D eigenvalue weighted by atomic mass is 10.1. The van der Waals surface area contributed by atoms with E-state index >= 15 is 0 Å². The van der Waals surface area contributed by atoms with Crippen LogP contribution in [0.2, 0.25) is 0 Å². The van der Waals surface area contributed by atoms with Crippen LogP contribution < -0.4 is 11.1 Å². The van der Waals surface area contributed by atoms with E-state index in [4.69, 9.17) is 16.2 Å². The maximum atomic E-state index is 10.4. The fraction of sp³-hybridized carbons (Fsp3) is 0. The van der Waals surface area contributed by atoms with E-state index in [2.05, 4.69) is 0 Å². The molecule has 1 aromatic rings. The Morgan fingerprint density at radius 1 is 1.62 bits per heavy atom. The van der Waals surface area contributed by atoms with Gasteiger partial charge in [0.1, 0.15) is 0 Å². The first kappa shape index (κ1) is 8.98. The average Bonchev–Trinajstić information content (AvgIpc) is 2.03. The molecule has 0 aliphatic carbocycles. The Balaban J connectivity index is 3.38. The summed E-state index contributed by atoms with van der Waals surface area (Å²) in [5.41, 5.74) is 5.52. The molecule has 0 spiro atoms. The molecule has 0 fully saturated rings. The summed E-state index contributed by atoms with van der Waals surface area (Å²) < 4.78 is 0. The second-order valence-corrected chi connectivity index (χ2v) is 2.39. The van der Waals surface area contributed by atoms with Crippen molar-refractivity contribution >= 4 is 17.6 Å². The number of hydrogen-bond acceptors (Lipinski definition) is 4. The quantitative estimate of drug-likeness (QED) is 0.237. The number of aromatic hydroxyl groups is 1. The minimum atomic E-state index is -0.707. The molecule has 0 saturated carbocycles. The van der Waals surface area contributed by atoms with Gasteiger partial charge in [0.15, 0.2) is 12.0 Å². The maximum absolute atomic E-state index is 10.4. The smallest absolute Gasteiger partial charge is 0.311 e. The number of nitro groups is 1. The summed E-state index contributed by atoms with van der Waals surface area (Å²) in [4.78, 5) is 9.64. The normalized spacial score (nSPS) is 9.54. The van der Waals surface area contributed by atoms with Crippen molar-refractivity contribution in [1.29, 1.82) is 0 Å². The number of nitro benzene ring substituents is 1. The van der Waals surface area contributed by atoms with Crippen LogP contribution in [-0.2, 0) is 0 Å². The standard InChI is InChI=1S/C7H7N3O3/c8-3-4-1-6(10(12)13)7(11)2-5(4)9/h1-3,8,11H,9H2/p+1. The van der Waals surface area contributed by atoms with Gasteiger partial charge < -0.3 is 10.8 Å². The van der Waals surface area contributed by atoms with Crippen molar-refractivity contribution in [3.8, 4) is 5.75 Å². The van der Waals surface area contributed by atoms with Gasteiger partial charge in [0.2, 0.25) is 0 Å². The lowest BCUT2D eigenvalue weighted by Crippen LogP contribution is -2.30. The van der Waals surface area contributed by atoms with Gasteiger partial charge in [-0.3, -0.25) is 15.5 Å². The summed E-state index contributed by atoms with van der Waals surface area (Å²) in [5.74, 6) is -0.465. The Morgan fingerprint density at radius 3 is 2.69 bits per heavy atom. The van der Waals surface area contributed by atoms with Crippen LogP contribution in [0.1, 0.15) is 5.56 Å². The number of anilines is 1. The van der Waals surface area contributed by atoms with E-state index in [1.165, 1.54) is 0 Å². The van der Waals surface area contributed by atoms with E-state index in [1.807, 2.05) is 0 Å². The monoisotopic (exact) mass is 182 g/mol. The summed E-state index contributed by atoms with van der Waals surface area (Å²) in [6.45, 7) is 0. The largest absolute Gasteiger partial charge is 0.502 e. The van der Waals surface area contributed by atoms with Crippen molar-refractivity contribution in [3.63, 3.8) is 0 Å². The number of nitrogen functional groups attached to an aromatic ring is 1. The van der Waals surface area contributed by atoms with Crippen LogP contribution in [0.3, 0.4) is 0 Å². The Kier molecular flexibility index (Phi) is 2.14. The molecule has 0 saturated heterocycles. The molecule has 13 heavy (non-hydrogen) atoms. The Labute approximate surface area is 73.3 Å². The van der Waals surface area contributed by atoms with Gasteiger partial charge in [-0.05, 0) is 0 Å². The molecule has 0 unspecified atom stereocenters. The van der Waals surface area contributed by atoms with Gasteiger partial charge in [0, 0.05) is 17.8 Å². The zero-order valence-corrected chi connectivity index (χ0v) is 6.60. The molecule has 5 N–H and O–H groups in total. The van der Waals surface area contributed by atoms with E-state index in [1.54, 1.807) is 0 Å². The molecular weight excluding hydrogens is 174 g/mol. The van der Waals surface area contributed by atoms with Crippen LogP contribution in [0.4, 0.5) is 11.4 Å². The van der Waals surface area contributed by atoms with E-state index in [-0.39, 0.29) is 5.69 Å². The van der Waals surface area contributed by atoms with Crippen molar-refractivity contribution in [2.45, 2.75) is 0 Å². The lowest BCUT2D eigenvalue weighted by Gasteiger charge is -1.99. The second-order valence-electron chi connectivity index (χ2n) is 2.39. The molecular formula is C7H8N3O3+. The summed E-state index contributed by atoms with van der Waals surface area (Å²) in [6, 6.07) is 2.21. The summed E-state index contributed by atoms with van der Waals surface area (Å²) in [7, 11) is 0. The molecule has 1 aromatic carbocycles. The first-order valence-electron chi connectivity index (χ1n) is 3.38. The highest BCUT2D eigenvalue weighted by atomic mass is 16.6. The number of phenolic OH excluding ortho intramolecular Hbond substituents is 1. The van der Waals surface area contributed by atoms with Crippen LogP contribution >= 0.6 is 0 Å². The molecule has 0 radical (unpaired) electrons. The minimum Gasteiger partial charge on any atom is -0.502 e. The molecule has 68 valence electrons. The lowest BCUT2D eigenvalue weighted by molar-refractivity contribution is -0.385. The Hall–Kier alpha value is -2.11. The minimum absolute atomic E-state index is 0.200. The number of hydrogen-bond donors (Lipinski definition) is 3. The molecule has 0 amide bonds. The van der Waals surface area contributed by atoms with E-state index in [9.17, 15) is 10.1 Å². The Morgan fingerprint density at radius 2 is 2.23 bits per heavy atom. The van der Waals surface area contributed by atoms with Crippen LogP contribution in [0.25, 0.3) is 0 Å². The first-order valence-corrected chi connectivity index (χ1v) is 3.38. The summed E-state index contributed by atoms with van der Waals surface area (Å²) in [5, 5.41) is 24.6. The van der Waals surface area contributed by atoms with Gasteiger partial charge in [0.25, 0.3) is 0 Å². The third-order valence-electron chi connectivity index (χ3n) is 1.56. The fourth-order valence-corrected chi connectivity index (χ4v) is 0.900. The van der Waals surface area contributed by atoms with Crippen LogP contribution in [0.15, 0.2) is 12.1 Å². The van der Waals surface area contributed by atoms with Gasteiger partial charge in [-0.2, -0.15) is 0 Å². The number of benzene rings is 1. The van der Waals surface area contributed by atoms with Gasteiger partial charge in [0.05, 0.1) is 10.5 Å². The number of nitrogens with two attached hydrogens (primary N) is 2. The van der Waals surface area contributed by atoms with Gasteiger partial charge in [-0.25, -0.2) is 0 Å². The van der Waals surface area contributed by atoms with Crippen molar-refractivity contribution in [1.82, 2.24) is 0 Å². The topological polar surface area (TPSA) is 115 Å². The highest BCUT2D eigenvalue weighted by molar-refractivity contribution is 5.85. The molecule has 0 aromatic heterocycles. The zero-order chi connectivity index (χ0) is 10.0. The van der Waals surface area contributed by atoms with Crippen molar-refractivity contribution < 1.29 is 15.4 Å². The van der Waals surface area contributed by atoms with Gasteiger partial charge >= 0.3 is 5.69 Å². The van der Waals surface area contributed by atoms with Crippen LogP contribution in [0.5, 0.6) is 5.75 Å². The molecule has 0 aliphatic rings. The second kappa shape index (κ2) is 3.10. The third kappa shape index (κ3) is 1.56. The molecule has 0 heterocycles. The van der Waals surface area contributed by atoms with Crippen molar-refractivity contribution in [2.75, 3.05) is 5.73 Å². The fourth-order valence-electron chi connectivity index (χ4n) is 0.900. The first-order chi connectivity index (χ1) is 6.06. The molecule has 0 aliphatic heterocycles. The Bertz CT molecular complexity index is 375. The van der Waals surface area contributed by atoms with Crippen LogP contribution in [-0.4, -0.2) is 16.2 Å². The molecule has 1 rings (SSSR count).